The molecule has 0 unspecified atom stereocenters. The number of rotatable bonds is 6. The van der Waals surface area contributed by atoms with Gasteiger partial charge >= 0.3 is 0 Å². The second-order valence-corrected chi connectivity index (χ2v) is 5.67. The molecular weight excluding hydrogens is 286 g/mol. The van der Waals surface area contributed by atoms with Crippen LogP contribution in [0.25, 0.3) is 0 Å². The van der Waals surface area contributed by atoms with Crippen LogP contribution in [-0.2, 0) is 6.54 Å². The lowest BCUT2D eigenvalue weighted by atomic mass is 10.2. The predicted molar refractivity (Wildman–Crippen MR) is 92.9 cm³/mol. The summed E-state index contributed by atoms with van der Waals surface area (Å²) >= 11 is 0. The summed E-state index contributed by atoms with van der Waals surface area (Å²) in [5.74, 6) is 2.64. The number of benzene rings is 2. The van der Waals surface area contributed by atoms with E-state index in [2.05, 4.69) is 40.8 Å². The number of aromatic amines is 1. The summed E-state index contributed by atoms with van der Waals surface area (Å²) in [6.07, 6.45) is 3.63. The molecule has 1 N–H and O–H groups in total. The minimum atomic E-state index is 0.376. The summed E-state index contributed by atoms with van der Waals surface area (Å²) in [4.78, 5) is 9.77. The molecule has 118 valence electrons. The normalized spacial score (nSPS) is 10.7. The van der Waals surface area contributed by atoms with Crippen molar-refractivity contribution in [1.29, 1.82) is 0 Å². The van der Waals surface area contributed by atoms with Crippen molar-refractivity contribution in [2.75, 3.05) is 4.90 Å². The lowest BCUT2D eigenvalue weighted by Crippen LogP contribution is -2.30. The molecule has 0 fully saturated rings. The van der Waals surface area contributed by atoms with Crippen LogP contribution in [0.15, 0.2) is 67.0 Å². The third kappa shape index (κ3) is 3.92. The molecule has 0 atom stereocenters. The van der Waals surface area contributed by atoms with Crippen LogP contribution in [0.4, 0.5) is 5.69 Å². The van der Waals surface area contributed by atoms with E-state index in [0.717, 1.165) is 29.6 Å². The molecular formula is C19H21N3O. The number of aromatic nitrogens is 2. The van der Waals surface area contributed by atoms with Gasteiger partial charge in [-0.05, 0) is 50.2 Å². The monoisotopic (exact) mass is 307 g/mol. The van der Waals surface area contributed by atoms with Gasteiger partial charge in [0.25, 0.3) is 0 Å². The SMILES string of the molecule is CC(C)N(Cc1ncc[nH]1)c1ccc(Oc2ccccc2)cc1. The first-order chi connectivity index (χ1) is 11.2. The second-order valence-electron chi connectivity index (χ2n) is 5.67. The molecule has 0 amide bonds. The van der Waals surface area contributed by atoms with Crippen LogP contribution in [0, 0.1) is 0 Å². The van der Waals surface area contributed by atoms with Crippen molar-refractivity contribution in [1.82, 2.24) is 9.97 Å². The average Bonchev–Trinajstić information content (AvgIpc) is 3.07. The summed E-state index contributed by atoms with van der Waals surface area (Å²) in [6.45, 7) is 5.11. The molecule has 0 radical (unpaired) electrons. The number of hydrogen-bond donors (Lipinski definition) is 1. The summed E-state index contributed by atoms with van der Waals surface area (Å²) < 4.78 is 5.84. The van der Waals surface area contributed by atoms with E-state index in [1.54, 1.807) is 6.20 Å². The molecule has 4 nitrogen and oxygen atoms in total. The van der Waals surface area contributed by atoms with Crippen molar-refractivity contribution < 1.29 is 4.74 Å². The maximum absolute atomic E-state index is 5.84. The Hall–Kier alpha value is -2.75. The van der Waals surface area contributed by atoms with E-state index >= 15 is 0 Å². The zero-order valence-electron chi connectivity index (χ0n) is 13.4. The zero-order chi connectivity index (χ0) is 16.1. The van der Waals surface area contributed by atoms with E-state index in [1.807, 2.05) is 48.7 Å². The molecule has 23 heavy (non-hydrogen) atoms. The topological polar surface area (TPSA) is 41.2 Å². The lowest BCUT2D eigenvalue weighted by Gasteiger charge is -2.28. The van der Waals surface area contributed by atoms with Crippen molar-refractivity contribution in [3.8, 4) is 11.5 Å². The highest BCUT2D eigenvalue weighted by atomic mass is 16.5. The standard InChI is InChI=1S/C19H21N3O/c1-15(2)22(14-19-20-12-13-21-19)16-8-10-18(11-9-16)23-17-6-4-3-5-7-17/h3-13,15H,14H2,1-2H3,(H,20,21). The molecule has 3 aromatic rings. The molecule has 0 aliphatic rings. The van der Waals surface area contributed by atoms with Gasteiger partial charge in [0.2, 0.25) is 0 Å². The molecule has 1 aromatic heterocycles. The Balaban J connectivity index is 1.74. The van der Waals surface area contributed by atoms with Crippen LogP contribution < -0.4 is 9.64 Å². The first-order valence-electron chi connectivity index (χ1n) is 7.80. The molecule has 0 spiro atoms. The van der Waals surface area contributed by atoms with Gasteiger partial charge < -0.3 is 14.6 Å². The first-order valence-corrected chi connectivity index (χ1v) is 7.80. The molecule has 0 aliphatic carbocycles. The Kier molecular flexibility index (Phi) is 4.62. The average molecular weight is 307 g/mol. The molecule has 0 aliphatic heterocycles. The van der Waals surface area contributed by atoms with Gasteiger partial charge in [-0.15, -0.1) is 0 Å². The molecule has 2 aromatic carbocycles. The largest absolute Gasteiger partial charge is 0.457 e. The molecule has 0 saturated heterocycles. The highest BCUT2D eigenvalue weighted by Crippen LogP contribution is 2.26. The Morgan fingerprint density at radius 2 is 1.70 bits per heavy atom. The zero-order valence-corrected chi connectivity index (χ0v) is 13.4. The van der Waals surface area contributed by atoms with E-state index in [9.17, 15) is 0 Å². The van der Waals surface area contributed by atoms with Crippen LogP contribution in [0.2, 0.25) is 0 Å². The Morgan fingerprint density at radius 3 is 2.30 bits per heavy atom. The molecule has 3 rings (SSSR count). The van der Waals surface area contributed by atoms with Crippen molar-refractivity contribution in [3.05, 3.63) is 72.8 Å². The van der Waals surface area contributed by atoms with E-state index in [0.29, 0.717) is 6.04 Å². The van der Waals surface area contributed by atoms with Gasteiger partial charge in [-0.1, -0.05) is 18.2 Å². The van der Waals surface area contributed by atoms with Crippen LogP contribution in [-0.4, -0.2) is 16.0 Å². The third-order valence-electron chi connectivity index (χ3n) is 3.65. The Morgan fingerprint density at radius 1 is 1.00 bits per heavy atom. The molecule has 0 saturated carbocycles. The minimum Gasteiger partial charge on any atom is -0.457 e. The maximum atomic E-state index is 5.84. The summed E-state index contributed by atoms with van der Waals surface area (Å²) in [5, 5.41) is 0. The van der Waals surface area contributed by atoms with Crippen LogP contribution >= 0.6 is 0 Å². The lowest BCUT2D eigenvalue weighted by molar-refractivity contribution is 0.482. The molecule has 0 bridgehead atoms. The minimum absolute atomic E-state index is 0.376. The van der Waals surface area contributed by atoms with Gasteiger partial charge in [0.1, 0.15) is 17.3 Å². The quantitative estimate of drug-likeness (QED) is 0.722. The van der Waals surface area contributed by atoms with E-state index in [-0.39, 0.29) is 0 Å². The van der Waals surface area contributed by atoms with Crippen molar-refractivity contribution in [3.63, 3.8) is 0 Å². The van der Waals surface area contributed by atoms with Crippen LogP contribution in [0.1, 0.15) is 19.7 Å². The highest BCUT2D eigenvalue weighted by Gasteiger charge is 2.12. The molecule has 4 heteroatoms. The highest BCUT2D eigenvalue weighted by molar-refractivity contribution is 5.50. The van der Waals surface area contributed by atoms with Crippen molar-refractivity contribution >= 4 is 5.69 Å². The van der Waals surface area contributed by atoms with Crippen LogP contribution in [0.3, 0.4) is 0 Å². The number of nitrogens with zero attached hydrogens (tertiary/aromatic N) is 2. The van der Waals surface area contributed by atoms with Crippen molar-refractivity contribution in [2.45, 2.75) is 26.4 Å². The van der Waals surface area contributed by atoms with Gasteiger partial charge in [-0.3, -0.25) is 0 Å². The van der Waals surface area contributed by atoms with Gasteiger partial charge in [-0.2, -0.15) is 0 Å². The summed E-state index contributed by atoms with van der Waals surface area (Å²) in [7, 11) is 0. The van der Waals surface area contributed by atoms with E-state index in [1.165, 1.54) is 0 Å². The Labute approximate surface area is 136 Å². The fourth-order valence-corrected chi connectivity index (χ4v) is 2.45. The number of para-hydroxylation sites is 1. The fraction of sp³-hybridized carbons (Fsp3) is 0.211. The number of nitrogens with one attached hydrogen (secondary N) is 1. The van der Waals surface area contributed by atoms with Gasteiger partial charge in [-0.25, -0.2) is 4.98 Å². The van der Waals surface area contributed by atoms with Crippen molar-refractivity contribution in [2.24, 2.45) is 0 Å². The van der Waals surface area contributed by atoms with E-state index in [4.69, 9.17) is 4.74 Å². The smallest absolute Gasteiger partial charge is 0.127 e. The van der Waals surface area contributed by atoms with Gasteiger partial charge in [0.05, 0.1) is 6.54 Å². The third-order valence-corrected chi connectivity index (χ3v) is 3.65. The Bertz CT molecular complexity index is 706. The number of ether oxygens (including phenoxy) is 1. The van der Waals surface area contributed by atoms with E-state index < -0.39 is 0 Å². The van der Waals surface area contributed by atoms with Crippen LogP contribution in [0.5, 0.6) is 11.5 Å². The fourth-order valence-electron chi connectivity index (χ4n) is 2.45. The summed E-state index contributed by atoms with van der Waals surface area (Å²) in [5.41, 5.74) is 1.15. The number of hydrogen-bond acceptors (Lipinski definition) is 3. The summed E-state index contributed by atoms with van der Waals surface area (Å²) in [6, 6.07) is 18.4. The first kappa shape index (κ1) is 15.2. The number of anilines is 1. The molecule has 1 heterocycles. The van der Waals surface area contributed by atoms with Gasteiger partial charge in [0, 0.05) is 24.1 Å². The second kappa shape index (κ2) is 7.01. The van der Waals surface area contributed by atoms with Gasteiger partial charge in [0.15, 0.2) is 0 Å². The predicted octanol–water partition coefficient (Wildman–Crippen LogP) is 4.62. The number of imidazole rings is 1. The number of H-pyrrole nitrogens is 1. The maximum Gasteiger partial charge on any atom is 0.127 e.